The van der Waals surface area contributed by atoms with Crippen molar-refractivity contribution in [2.45, 2.75) is 62.1 Å². The summed E-state index contributed by atoms with van der Waals surface area (Å²) in [5.41, 5.74) is 5.12. The minimum atomic E-state index is -1.27. The molecule has 0 saturated heterocycles. The molecule has 4 atom stereocenters. The highest BCUT2D eigenvalue weighted by molar-refractivity contribution is 8.00. The maximum absolute atomic E-state index is 13.9. The van der Waals surface area contributed by atoms with Crippen LogP contribution in [0.5, 0.6) is 11.5 Å². The minimum Gasteiger partial charge on any atom is -0.510 e. The van der Waals surface area contributed by atoms with E-state index in [0.717, 1.165) is 25.7 Å². The Morgan fingerprint density at radius 1 is 1.11 bits per heavy atom. The first-order valence-electron chi connectivity index (χ1n) is 12.7. The molecule has 1 amide bonds. The maximum Gasteiger partial charge on any atom is 0.255 e. The van der Waals surface area contributed by atoms with Gasteiger partial charge in [0.25, 0.3) is 5.91 Å². The first-order chi connectivity index (χ1) is 17.7. The number of aliphatic hydroxyl groups is 2. The SMILES string of the molecule is CCCCN(CCCC)[C@@H]1C(O)=C(C(N)=O)C(=O)C2C(=O)C3=C(O)c4c(O)ccc(OC)c4SC3CC21. The number of phenols is 1. The summed E-state index contributed by atoms with van der Waals surface area (Å²) in [5.74, 6) is -4.90. The van der Waals surface area contributed by atoms with Crippen LogP contribution >= 0.6 is 11.8 Å². The van der Waals surface area contributed by atoms with E-state index in [1.54, 1.807) is 6.07 Å². The standard InChI is InChI=1S/C27H34N2O7S/c1-4-6-10-29(11-7-5-2)21-13-12-16-19(22(31)17(13)23(32)20(25(21)34)27(28)35)24(33)18-14(30)8-9-15(36-3)26(18)37-16/h8-9,13,16-17,21,30,33-34H,4-7,10-12H2,1-3H3,(H2,28,35)/t13?,16?,17?,21-/m0/s1. The van der Waals surface area contributed by atoms with E-state index in [1.807, 2.05) is 0 Å². The Morgan fingerprint density at radius 2 is 1.76 bits per heavy atom. The van der Waals surface area contributed by atoms with Crippen LogP contribution in [-0.4, -0.2) is 69.2 Å². The number of nitrogens with two attached hydrogens (primary N) is 1. The molecule has 5 N–H and O–H groups in total. The number of carbonyl (C=O) groups is 3. The average molecular weight is 531 g/mol. The number of carbonyl (C=O) groups excluding carboxylic acids is 3. The van der Waals surface area contributed by atoms with Crippen molar-refractivity contribution in [3.8, 4) is 11.5 Å². The monoisotopic (exact) mass is 530 g/mol. The van der Waals surface area contributed by atoms with E-state index in [1.165, 1.54) is 24.9 Å². The van der Waals surface area contributed by atoms with Crippen LogP contribution in [0.15, 0.2) is 33.9 Å². The Hall–Kier alpha value is -2.98. The fraction of sp³-hybridized carbons (Fsp3) is 0.519. The smallest absolute Gasteiger partial charge is 0.255 e. The number of Topliss-reactive ketones (excluding diaryl/α,β-unsaturated/α-hetero) is 2. The van der Waals surface area contributed by atoms with Crippen LogP contribution < -0.4 is 10.5 Å². The average Bonchev–Trinajstić information content (AvgIpc) is 2.84. The summed E-state index contributed by atoms with van der Waals surface area (Å²) >= 11 is 1.29. The van der Waals surface area contributed by atoms with E-state index in [-0.39, 0.29) is 22.6 Å². The molecule has 0 radical (unpaired) electrons. The van der Waals surface area contributed by atoms with E-state index in [0.29, 0.717) is 30.2 Å². The van der Waals surface area contributed by atoms with Gasteiger partial charge in [-0.2, -0.15) is 0 Å². The third-order valence-corrected chi connectivity index (χ3v) is 8.92. The number of phenolic OH excluding ortho intramolecular Hbond substituents is 1. The van der Waals surface area contributed by atoms with Crippen LogP contribution in [-0.2, 0) is 14.4 Å². The molecule has 1 aliphatic heterocycles. The number of rotatable bonds is 9. The number of hydrogen-bond donors (Lipinski definition) is 4. The van der Waals surface area contributed by atoms with E-state index in [2.05, 4.69) is 18.7 Å². The largest absolute Gasteiger partial charge is 0.510 e. The van der Waals surface area contributed by atoms with Gasteiger partial charge in [-0.1, -0.05) is 26.7 Å². The number of ketones is 2. The second kappa shape index (κ2) is 10.8. The van der Waals surface area contributed by atoms with Crippen molar-refractivity contribution in [2.75, 3.05) is 20.2 Å². The van der Waals surface area contributed by atoms with E-state index < -0.39 is 51.9 Å². The van der Waals surface area contributed by atoms with Gasteiger partial charge in [0.05, 0.1) is 35.1 Å². The topological polar surface area (TPSA) is 150 Å². The number of hydrogen-bond acceptors (Lipinski definition) is 9. The van der Waals surface area contributed by atoms with Crippen molar-refractivity contribution in [2.24, 2.45) is 17.6 Å². The number of primary amides is 1. The maximum atomic E-state index is 13.9. The van der Waals surface area contributed by atoms with Gasteiger partial charge in [-0.15, -0.1) is 11.8 Å². The molecule has 37 heavy (non-hydrogen) atoms. The Labute approximate surface area is 220 Å². The molecule has 1 saturated carbocycles. The number of fused-ring (bicyclic) bond motifs is 3. The first-order valence-corrected chi connectivity index (χ1v) is 13.6. The van der Waals surface area contributed by atoms with Gasteiger partial charge in [0.15, 0.2) is 11.6 Å². The van der Waals surface area contributed by atoms with Crippen molar-refractivity contribution in [1.29, 1.82) is 0 Å². The lowest BCUT2D eigenvalue weighted by atomic mass is 9.64. The van der Waals surface area contributed by atoms with Crippen LogP contribution in [0.25, 0.3) is 5.76 Å². The number of nitrogens with zero attached hydrogens (tertiary/aromatic N) is 1. The molecular weight excluding hydrogens is 496 g/mol. The number of aliphatic hydroxyl groups excluding tert-OH is 2. The van der Waals surface area contributed by atoms with Gasteiger partial charge in [0.2, 0.25) is 0 Å². The summed E-state index contributed by atoms with van der Waals surface area (Å²) in [4.78, 5) is 42.3. The lowest BCUT2D eigenvalue weighted by Gasteiger charge is -2.47. The van der Waals surface area contributed by atoms with Crippen molar-refractivity contribution in [1.82, 2.24) is 4.90 Å². The van der Waals surface area contributed by atoms with Crippen molar-refractivity contribution < 1.29 is 34.4 Å². The van der Waals surface area contributed by atoms with E-state index in [9.17, 15) is 29.7 Å². The summed E-state index contributed by atoms with van der Waals surface area (Å²) in [6, 6.07) is 2.23. The van der Waals surface area contributed by atoms with E-state index >= 15 is 0 Å². The van der Waals surface area contributed by atoms with Gasteiger partial charge in [-0.3, -0.25) is 19.3 Å². The van der Waals surface area contributed by atoms with Gasteiger partial charge in [-0.05, 0) is 44.5 Å². The Balaban J connectivity index is 1.86. The molecule has 0 spiro atoms. The molecule has 3 unspecified atom stereocenters. The second-order valence-electron chi connectivity index (χ2n) is 9.78. The predicted molar refractivity (Wildman–Crippen MR) is 139 cm³/mol. The molecular formula is C27H34N2O7S. The summed E-state index contributed by atoms with van der Waals surface area (Å²) in [6.07, 6.45) is 3.79. The number of methoxy groups -OCH3 is 1. The van der Waals surface area contributed by atoms with Crippen molar-refractivity contribution in [3.05, 3.63) is 34.6 Å². The molecule has 4 rings (SSSR count). The van der Waals surface area contributed by atoms with Crippen LogP contribution in [0.1, 0.15) is 51.5 Å². The zero-order valence-electron chi connectivity index (χ0n) is 21.3. The molecule has 1 fully saturated rings. The minimum absolute atomic E-state index is 0.0354. The third-order valence-electron chi connectivity index (χ3n) is 7.56. The number of benzene rings is 1. The zero-order valence-corrected chi connectivity index (χ0v) is 22.1. The fourth-order valence-corrected chi connectivity index (χ4v) is 7.33. The summed E-state index contributed by atoms with van der Waals surface area (Å²) in [5, 5.41) is 32.4. The first kappa shape index (κ1) is 27.1. The van der Waals surface area contributed by atoms with Crippen LogP contribution in [0.4, 0.5) is 0 Å². The molecule has 0 aromatic heterocycles. The molecule has 2 aliphatic carbocycles. The van der Waals surface area contributed by atoms with Gasteiger partial charge < -0.3 is 25.8 Å². The fourth-order valence-electron chi connectivity index (χ4n) is 5.80. The van der Waals surface area contributed by atoms with Crippen molar-refractivity contribution >= 4 is 35.0 Å². The van der Waals surface area contributed by atoms with E-state index in [4.69, 9.17) is 10.5 Å². The molecule has 200 valence electrons. The van der Waals surface area contributed by atoms with Crippen molar-refractivity contribution in [3.63, 3.8) is 0 Å². The number of aromatic hydroxyl groups is 1. The number of ether oxygens (including phenoxy) is 1. The molecule has 10 heteroatoms. The summed E-state index contributed by atoms with van der Waals surface area (Å²) < 4.78 is 5.44. The van der Waals surface area contributed by atoms with Gasteiger partial charge >= 0.3 is 0 Å². The quantitative estimate of drug-likeness (QED) is 0.278. The zero-order chi connectivity index (χ0) is 27.0. The molecule has 9 nitrogen and oxygen atoms in total. The van der Waals surface area contributed by atoms with Gasteiger partial charge in [0.1, 0.15) is 28.6 Å². The highest BCUT2D eigenvalue weighted by Crippen LogP contribution is 2.55. The van der Waals surface area contributed by atoms with Crippen LogP contribution in [0.3, 0.4) is 0 Å². The summed E-state index contributed by atoms with van der Waals surface area (Å²) in [6.45, 7) is 5.36. The van der Waals surface area contributed by atoms with Crippen LogP contribution in [0, 0.1) is 11.8 Å². The summed E-state index contributed by atoms with van der Waals surface area (Å²) in [7, 11) is 1.48. The van der Waals surface area contributed by atoms with Crippen LogP contribution in [0.2, 0.25) is 0 Å². The lowest BCUT2D eigenvalue weighted by molar-refractivity contribution is -0.136. The number of amides is 1. The highest BCUT2D eigenvalue weighted by Gasteiger charge is 2.56. The second-order valence-corrected chi connectivity index (χ2v) is 11.0. The van der Waals surface area contributed by atoms with Gasteiger partial charge in [0, 0.05) is 11.2 Å². The Bertz CT molecular complexity index is 1180. The predicted octanol–water partition coefficient (Wildman–Crippen LogP) is 3.50. The molecule has 1 aromatic carbocycles. The Morgan fingerprint density at radius 3 is 2.32 bits per heavy atom. The highest BCUT2D eigenvalue weighted by atomic mass is 32.2. The number of thioether (sulfide) groups is 1. The molecule has 1 aromatic rings. The lowest BCUT2D eigenvalue weighted by Crippen LogP contribution is -2.57. The molecule has 0 bridgehead atoms. The Kier molecular flexibility index (Phi) is 7.89. The number of unbranched alkanes of at least 4 members (excludes halogenated alkanes) is 2. The third kappa shape index (κ3) is 4.50. The molecule has 1 heterocycles. The van der Waals surface area contributed by atoms with Gasteiger partial charge in [-0.25, -0.2) is 0 Å². The normalized spacial score (nSPS) is 25.2. The molecule has 3 aliphatic rings.